The monoisotopic (exact) mass is 959 g/mol. The van der Waals surface area contributed by atoms with Crippen LogP contribution in [0.3, 0.4) is 0 Å². The van der Waals surface area contributed by atoms with Gasteiger partial charge in [-0.3, -0.25) is 9.47 Å². The van der Waals surface area contributed by atoms with E-state index in [1.165, 1.54) is 75.6 Å². The minimum absolute atomic E-state index is 1.07. The van der Waals surface area contributed by atoms with Crippen molar-refractivity contribution in [2.24, 2.45) is 0 Å². The molecular weight excluding hydrogens is 911 g/mol. The Kier molecular flexibility index (Phi) is 10.5. The van der Waals surface area contributed by atoms with E-state index in [1.54, 1.807) is 0 Å². The third-order valence-electron chi connectivity index (χ3n) is 15.2. The number of fused-ring (bicyclic) bond motifs is 6. The normalized spacial score (nSPS) is 12.7. The molecule has 13 aromatic rings. The lowest BCUT2D eigenvalue weighted by Gasteiger charge is -2.44. The van der Waals surface area contributed by atoms with E-state index in [0.717, 1.165) is 39.8 Å². The molecule has 0 spiro atoms. The Bertz CT molecular complexity index is 4000. The first-order chi connectivity index (χ1) is 36.7. The molecule has 348 valence electrons. The third-order valence-corrected chi connectivity index (χ3v) is 20.1. The van der Waals surface area contributed by atoms with Gasteiger partial charge in [-0.2, -0.15) is 0 Å². The lowest BCUT2D eigenvalue weighted by molar-refractivity contribution is 1.08. The van der Waals surface area contributed by atoms with Crippen molar-refractivity contribution < 1.29 is 0 Å². The summed E-state index contributed by atoms with van der Waals surface area (Å²) in [4.78, 5) is 4.97. The standard InChI is InChI=1S/C70H49N3Si/c1-5-25-54(26-6-1)72-66-37-17-18-38-68(66)74(59-29-9-3-10-30-59,60-31-11-4-12-32-60)69-65-48-47-58(49-67(65)73(70(69)72)55-27-7-2-8-28-55)71(56-43-39-52(40-44-56)63-35-19-23-50-21-13-15-33-61(50)63)57-45-41-53(42-46-57)64-36-20-24-51-22-14-16-34-62(51)64/h1-49H. The smallest absolute Gasteiger partial charge is 0.186 e. The third kappa shape index (κ3) is 6.95. The SMILES string of the molecule is c1ccc(N2c3ccccc3[Si](c3ccccc3)(c3ccccc3)c3c2n(-c2ccccc2)c2cc(N(c4ccc(-c5cccc6ccccc56)cc4)c4ccc(-c5cccc6ccccc56)cc4)ccc32)cc1. The van der Waals surface area contributed by atoms with E-state index in [4.69, 9.17) is 0 Å². The van der Waals surface area contributed by atoms with Crippen molar-refractivity contribution in [3.63, 3.8) is 0 Å². The van der Waals surface area contributed by atoms with Gasteiger partial charge in [0.15, 0.2) is 8.07 Å². The zero-order valence-corrected chi connectivity index (χ0v) is 41.6. The molecule has 12 aromatic carbocycles. The summed E-state index contributed by atoms with van der Waals surface area (Å²) >= 11 is 0. The fraction of sp³-hybridized carbons (Fsp3) is 0. The maximum absolute atomic E-state index is 3.09. The summed E-state index contributed by atoms with van der Waals surface area (Å²) in [6, 6.07) is 110. The van der Waals surface area contributed by atoms with Gasteiger partial charge in [-0.25, -0.2) is 0 Å². The number of hydrogen-bond donors (Lipinski definition) is 0. The number of aromatic nitrogens is 1. The van der Waals surface area contributed by atoms with E-state index in [1.807, 2.05) is 0 Å². The molecule has 0 atom stereocenters. The maximum Gasteiger partial charge on any atom is 0.186 e. The first kappa shape index (κ1) is 43.3. The molecule has 14 rings (SSSR count). The zero-order chi connectivity index (χ0) is 49.0. The second-order valence-corrected chi connectivity index (χ2v) is 22.9. The Balaban J connectivity index is 1.05. The fourth-order valence-electron chi connectivity index (χ4n) is 12.0. The molecule has 0 amide bonds. The molecule has 4 heteroatoms. The Hall–Kier alpha value is -9.48. The van der Waals surface area contributed by atoms with Gasteiger partial charge in [0, 0.05) is 44.7 Å². The first-order valence-electron chi connectivity index (χ1n) is 25.5. The predicted octanol–water partition coefficient (Wildman–Crippen LogP) is 15.9. The van der Waals surface area contributed by atoms with Crippen LogP contribution in [0, 0.1) is 0 Å². The van der Waals surface area contributed by atoms with Crippen molar-refractivity contribution in [3.05, 3.63) is 297 Å². The van der Waals surface area contributed by atoms with Gasteiger partial charge >= 0.3 is 0 Å². The topological polar surface area (TPSA) is 11.4 Å². The van der Waals surface area contributed by atoms with Crippen molar-refractivity contribution in [2.45, 2.75) is 0 Å². The minimum Gasteiger partial charge on any atom is -0.310 e. The number of para-hydroxylation sites is 3. The number of hydrogen-bond acceptors (Lipinski definition) is 2. The lowest BCUT2D eigenvalue weighted by atomic mass is 9.97. The highest BCUT2D eigenvalue weighted by molar-refractivity contribution is 7.22. The van der Waals surface area contributed by atoms with Gasteiger partial charge in [-0.15, -0.1) is 0 Å². The second kappa shape index (κ2) is 18.0. The van der Waals surface area contributed by atoms with E-state index >= 15 is 0 Å². The molecular formula is C70H49N3Si. The Morgan fingerprint density at radius 1 is 0.324 bits per heavy atom. The van der Waals surface area contributed by atoms with Crippen LogP contribution >= 0.6 is 0 Å². The Morgan fingerprint density at radius 3 is 1.32 bits per heavy atom. The van der Waals surface area contributed by atoms with Crippen LogP contribution < -0.4 is 30.5 Å². The van der Waals surface area contributed by atoms with Crippen LogP contribution in [0.25, 0.3) is 60.4 Å². The fourth-order valence-corrected chi connectivity index (χ4v) is 17.3. The first-order valence-corrected chi connectivity index (χ1v) is 27.5. The number of nitrogens with zero attached hydrogens (tertiary/aromatic N) is 3. The number of anilines is 6. The van der Waals surface area contributed by atoms with Gasteiger partial charge in [0.2, 0.25) is 0 Å². The molecule has 74 heavy (non-hydrogen) atoms. The molecule has 0 fully saturated rings. The summed E-state index contributed by atoms with van der Waals surface area (Å²) in [7, 11) is -3.09. The highest BCUT2D eigenvalue weighted by atomic mass is 28.3. The van der Waals surface area contributed by atoms with Gasteiger partial charge in [0.1, 0.15) is 5.82 Å². The molecule has 0 bridgehead atoms. The van der Waals surface area contributed by atoms with E-state index in [9.17, 15) is 0 Å². The molecule has 0 saturated carbocycles. The van der Waals surface area contributed by atoms with Crippen LogP contribution in [0.1, 0.15) is 0 Å². The number of benzene rings is 12. The van der Waals surface area contributed by atoms with Crippen LogP contribution in [-0.4, -0.2) is 12.6 Å². The Morgan fingerprint density at radius 2 is 0.770 bits per heavy atom. The van der Waals surface area contributed by atoms with E-state index in [0.29, 0.717) is 0 Å². The molecule has 0 unspecified atom stereocenters. The summed E-state index contributed by atoms with van der Waals surface area (Å²) in [5, 5.41) is 11.6. The average Bonchev–Trinajstić information content (AvgIpc) is 3.82. The van der Waals surface area contributed by atoms with Crippen LogP contribution in [-0.2, 0) is 0 Å². The summed E-state index contributed by atoms with van der Waals surface area (Å²) in [6.07, 6.45) is 0. The van der Waals surface area contributed by atoms with E-state index in [-0.39, 0.29) is 0 Å². The second-order valence-electron chi connectivity index (χ2n) is 19.2. The van der Waals surface area contributed by atoms with Gasteiger partial charge in [0.25, 0.3) is 0 Å². The van der Waals surface area contributed by atoms with Crippen molar-refractivity contribution in [1.29, 1.82) is 0 Å². The molecule has 2 heterocycles. The molecule has 0 saturated heterocycles. The van der Waals surface area contributed by atoms with Crippen LogP contribution in [0.2, 0.25) is 0 Å². The molecule has 1 aromatic heterocycles. The molecule has 3 nitrogen and oxygen atoms in total. The average molecular weight is 960 g/mol. The lowest BCUT2D eigenvalue weighted by Crippen LogP contribution is -2.77. The van der Waals surface area contributed by atoms with Crippen LogP contribution in [0.4, 0.5) is 34.3 Å². The van der Waals surface area contributed by atoms with Gasteiger partial charge in [-0.05, 0) is 126 Å². The predicted molar refractivity (Wildman–Crippen MR) is 316 cm³/mol. The molecule has 0 radical (unpaired) electrons. The quantitative estimate of drug-likeness (QED) is 0.134. The van der Waals surface area contributed by atoms with Gasteiger partial charge in [-0.1, -0.05) is 231 Å². The Labute approximate surface area is 432 Å². The van der Waals surface area contributed by atoms with Gasteiger partial charge in [0.05, 0.1) is 5.52 Å². The maximum atomic E-state index is 2.55. The summed E-state index contributed by atoms with van der Waals surface area (Å²) < 4.78 is 2.55. The number of rotatable bonds is 9. The summed E-state index contributed by atoms with van der Waals surface area (Å²) in [5.74, 6) is 1.16. The van der Waals surface area contributed by atoms with E-state index in [2.05, 4.69) is 312 Å². The van der Waals surface area contributed by atoms with Crippen LogP contribution in [0.5, 0.6) is 0 Å². The highest BCUT2D eigenvalue weighted by Gasteiger charge is 2.52. The molecule has 0 aliphatic carbocycles. The highest BCUT2D eigenvalue weighted by Crippen LogP contribution is 2.46. The van der Waals surface area contributed by atoms with Crippen molar-refractivity contribution in [3.8, 4) is 27.9 Å². The van der Waals surface area contributed by atoms with Crippen LogP contribution in [0.15, 0.2) is 297 Å². The zero-order valence-electron chi connectivity index (χ0n) is 40.6. The minimum atomic E-state index is -3.09. The van der Waals surface area contributed by atoms with E-state index < -0.39 is 8.07 Å². The van der Waals surface area contributed by atoms with Crippen molar-refractivity contribution in [1.82, 2.24) is 4.57 Å². The van der Waals surface area contributed by atoms with Crippen molar-refractivity contribution in [2.75, 3.05) is 9.80 Å². The van der Waals surface area contributed by atoms with Crippen molar-refractivity contribution >= 4 is 95.5 Å². The largest absolute Gasteiger partial charge is 0.310 e. The molecule has 1 aliphatic heterocycles. The summed E-state index contributed by atoms with van der Waals surface area (Å²) in [5.41, 5.74) is 12.6. The summed E-state index contributed by atoms with van der Waals surface area (Å²) in [6.45, 7) is 0. The molecule has 0 N–H and O–H groups in total. The van der Waals surface area contributed by atoms with Gasteiger partial charge < -0.3 is 4.90 Å². The molecule has 1 aliphatic rings.